The zero-order valence-corrected chi connectivity index (χ0v) is 27.7. The van der Waals surface area contributed by atoms with Crippen molar-refractivity contribution in [2.75, 3.05) is 39.3 Å². The summed E-state index contributed by atoms with van der Waals surface area (Å²) in [4.78, 5) is 0. The van der Waals surface area contributed by atoms with E-state index in [4.69, 9.17) is 16.5 Å². The lowest BCUT2D eigenvalue weighted by Gasteiger charge is -2.53. The standard InChI is InChI=1S/C20H54N3O7Si4/c1-12-19-20-31(8)27-32(9,21(24,13-2)14-3)29-34(11,23(26,17-6)18-7)30-33(10,28-31)22(25,15-4)16-5/h24-26H,12-20H2,1-11H3/q+3. The van der Waals surface area contributed by atoms with Crippen LogP contribution in [0.3, 0.4) is 0 Å². The molecule has 14 heteroatoms. The SMILES string of the molecule is CCCC[Si]1(C)O[Si](C)([N+](O)(CC)CC)O[Si](C)([N+](O)(CC)CC)O[Si](C)([N+](O)(CC)CC)O1. The molecule has 0 saturated carbocycles. The van der Waals surface area contributed by atoms with Crippen LogP contribution in [0.15, 0.2) is 0 Å². The molecule has 1 aliphatic rings. The zero-order chi connectivity index (χ0) is 26.7. The average molecular weight is 561 g/mol. The predicted octanol–water partition coefficient (Wildman–Crippen LogP) is 4.38. The first-order chi connectivity index (χ1) is 15.5. The minimum Gasteiger partial charge on any atom is -0.366 e. The molecule has 1 aliphatic heterocycles. The second-order valence-corrected chi connectivity index (χ2v) is 23.9. The number of rotatable bonds is 12. The Labute approximate surface area is 212 Å². The number of hydrogen-bond acceptors (Lipinski definition) is 7. The molecular formula is C20H54N3O7Si4+3. The lowest BCUT2D eigenvalue weighted by atomic mass is 10.4. The Morgan fingerprint density at radius 2 is 0.765 bits per heavy atom. The molecule has 10 nitrogen and oxygen atoms in total. The van der Waals surface area contributed by atoms with Crippen molar-refractivity contribution in [3.63, 3.8) is 0 Å². The van der Waals surface area contributed by atoms with E-state index in [1.165, 1.54) is 0 Å². The topological polar surface area (TPSA) is 97.6 Å². The van der Waals surface area contributed by atoms with Crippen LogP contribution in [-0.4, -0.2) is 103 Å². The number of hydrogen-bond donors (Lipinski definition) is 3. The predicted molar refractivity (Wildman–Crippen MR) is 140 cm³/mol. The lowest BCUT2D eigenvalue weighted by Crippen LogP contribution is -2.86. The maximum Gasteiger partial charge on any atom is 0.622 e. The van der Waals surface area contributed by atoms with E-state index in [-0.39, 0.29) is 8.62 Å². The summed E-state index contributed by atoms with van der Waals surface area (Å²) in [7, 11) is -13.5. The van der Waals surface area contributed by atoms with Gasteiger partial charge in [-0.05, 0) is 54.1 Å². The van der Waals surface area contributed by atoms with Gasteiger partial charge < -0.3 is 16.5 Å². The van der Waals surface area contributed by atoms with Crippen LogP contribution < -0.4 is 0 Å². The molecule has 1 fully saturated rings. The molecule has 0 bridgehead atoms. The largest absolute Gasteiger partial charge is 0.622 e. The van der Waals surface area contributed by atoms with E-state index < -0.39 is 39.0 Å². The average Bonchev–Trinajstić information content (AvgIpc) is 2.79. The minimum atomic E-state index is -3.58. The van der Waals surface area contributed by atoms with E-state index in [1.807, 2.05) is 67.7 Å². The lowest BCUT2D eigenvalue weighted by molar-refractivity contribution is -1.05. The quantitative estimate of drug-likeness (QED) is 0.241. The fourth-order valence-corrected chi connectivity index (χ4v) is 28.6. The molecule has 0 aliphatic carbocycles. The Hall–Kier alpha value is 0.468. The molecule has 2 atom stereocenters. The molecule has 0 amide bonds. The van der Waals surface area contributed by atoms with Gasteiger partial charge in [-0.2, -0.15) is 12.9 Å². The maximum atomic E-state index is 11.8. The summed E-state index contributed by atoms with van der Waals surface area (Å²) in [5, 5.41) is 35.3. The van der Waals surface area contributed by atoms with E-state index >= 15 is 0 Å². The van der Waals surface area contributed by atoms with E-state index in [2.05, 4.69) is 6.92 Å². The van der Waals surface area contributed by atoms with Gasteiger partial charge in [0.1, 0.15) is 0 Å². The van der Waals surface area contributed by atoms with Gasteiger partial charge in [0.15, 0.2) is 0 Å². The van der Waals surface area contributed by atoms with Crippen molar-refractivity contribution in [1.82, 2.24) is 0 Å². The molecule has 0 aromatic rings. The summed E-state index contributed by atoms with van der Waals surface area (Å²) < 4.78 is 26.7. The highest BCUT2D eigenvalue weighted by Crippen LogP contribution is 2.41. The van der Waals surface area contributed by atoms with Gasteiger partial charge in [-0.3, -0.25) is 0 Å². The van der Waals surface area contributed by atoms with E-state index in [0.29, 0.717) is 45.3 Å². The van der Waals surface area contributed by atoms with E-state index in [1.54, 1.807) is 0 Å². The van der Waals surface area contributed by atoms with E-state index in [0.717, 1.165) is 12.8 Å². The van der Waals surface area contributed by atoms with Crippen molar-refractivity contribution in [1.29, 1.82) is 0 Å². The van der Waals surface area contributed by atoms with Crippen LogP contribution >= 0.6 is 0 Å². The first kappa shape index (κ1) is 32.5. The van der Waals surface area contributed by atoms with Crippen LogP contribution in [0.1, 0.15) is 61.3 Å². The Kier molecular flexibility index (Phi) is 11.0. The normalized spacial score (nSPS) is 34.1. The summed E-state index contributed by atoms with van der Waals surface area (Å²) in [6.07, 6.45) is 1.88. The number of nitrogens with zero attached hydrogens (tertiary/aromatic N) is 3. The fourth-order valence-electron chi connectivity index (χ4n) is 5.09. The Morgan fingerprint density at radius 3 is 1.00 bits per heavy atom. The molecule has 0 aromatic heterocycles. The highest BCUT2D eigenvalue weighted by atomic mass is 28.5. The fraction of sp³-hybridized carbons (Fsp3) is 1.00. The molecule has 34 heavy (non-hydrogen) atoms. The van der Waals surface area contributed by atoms with Gasteiger partial charge in [0.05, 0.1) is 39.3 Å². The van der Waals surface area contributed by atoms with Crippen molar-refractivity contribution in [2.24, 2.45) is 0 Å². The molecule has 0 aromatic carbocycles. The molecule has 2 unspecified atom stereocenters. The summed E-state index contributed by atoms with van der Waals surface area (Å²) in [6, 6.07) is 0.710. The molecule has 1 saturated heterocycles. The Morgan fingerprint density at radius 1 is 0.500 bits per heavy atom. The molecule has 1 rings (SSSR count). The van der Waals surface area contributed by atoms with Crippen LogP contribution in [0, 0.1) is 0 Å². The minimum absolute atomic E-state index is 0.358. The summed E-state index contributed by atoms with van der Waals surface area (Å²) in [5.74, 6) is 0. The van der Waals surface area contributed by atoms with Crippen LogP contribution in [0.5, 0.6) is 0 Å². The zero-order valence-electron chi connectivity index (χ0n) is 23.7. The number of unbranched alkanes of at least 4 members (excludes halogenated alkanes) is 1. The number of quaternary nitrogens is 3. The molecule has 0 spiro atoms. The third-order valence-electron chi connectivity index (χ3n) is 7.96. The van der Waals surface area contributed by atoms with E-state index in [9.17, 15) is 15.6 Å². The van der Waals surface area contributed by atoms with Crippen molar-refractivity contribution in [2.45, 2.75) is 93.5 Å². The third kappa shape index (κ3) is 5.80. The molecule has 3 N–H and O–H groups in total. The second kappa shape index (κ2) is 11.5. The molecule has 204 valence electrons. The van der Waals surface area contributed by atoms with Gasteiger partial charge in [-0.25, -0.2) is 15.6 Å². The van der Waals surface area contributed by atoms with Crippen LogP contribution in [0.25, 0.3) is 0 Å². The van der Waals surface area contributed by atoms with Crippen molar-refractivity contribution in [3.8, 4) is 0 Å². The molecular weight excluding hydrogens is 507 g/mol. The van der Waals surface area contributed by atoms with Gasteiger partial charge >= 0.3 is 34.7 Å². The van der Waals surface area contributed by atoms with Gasteiger partial charge in [-0.1, -0.05) is 19.8 Å². The van der Waals surface area contributed by atoms with Crippen LogP contribution in [0.4, 0.5) is 0 Å². The van der Waals surface area contributed by atoms with Crippen molar-refractivity contribution in [3.05, 3.63) is 0 Å². The smallest absolute Gasteiger partial charge is 0.366 e. The summed E-state index contributed by atoms with van der Waals surface area (Å²) in [5.41, 5.74) is 0. The monoisotopic (exact) mass is 560 g/mol. The van der Waals surface area contributed by atoms with Crippen LogP contribution in [0.2, 0.25) is 32.2 Å². The summed E-state index contributed by atoms with van der Waals surface area (Å²) >= 11 is 0. The van der Waals surface area contributed by atoms with Crippen molar-refractivity contribution >= 4 is 34.7 Å². The maximum absolute atomic E-state index is 11.8. The third-order valence-corrected chi connectivity index (χ3v) is 28.2. The Bertz CT molecular complexity index is 632. The van der Waals surface area contributed by atoms with Gasteiger partial charge in [-0.15, -0.1) is 0 Å². The van der Waals surface area contributed by atoms with Gasteiger partial charge in [0.25, 0.3) is 0 Å². The van der Waals surface area contributed by atoms with Crippen LogP contribution in [-0.2, 0) is 16.5 Å². The Balaban J connectivity index is 3.93. The summed E-state index contributed by atoms with van der Waals surface area (Å²) in [6.45, 7) is 23.6. The highest BCUT2D eigenvalue weighted by molar-refractivity contribution is 6.89. The molecule has 1 heterocycles. The van der Waals surface area contributed by atoms with Gasteiger partial charge in [0, 0.05) is 19.6 Å². The first-order valence-corrected chi connectivity index (χ1v) is 22.4. The van der Waals surface area contributed by atoms with Gasteiger partial charge in [0.2, 0.25) is 0 Å². The second-order valence-electron chi connectivity index (χ2n) is 10.0. The highest BCUT2D eigenvalue weighted by Gasteiger charge is 2.78. The van der Waals surface area contributed by atoms with Crippen molar-refractivity contribution < 1.29 is 45.0 Å². The first-order valence-electron chi connectivity index (χ1n) is 13.1. The molecule has 0 radical (unpaired) electrons. The number of hydroxylamine groups is 6.